The van der Waals surface area contributed by atoms with Crippen molar-refractivity contribution in [2.24, 2.45) is 0 Å². The summed E-state index contributed by atoms with van der Waals surface area (Å²) in [6.07, 6.45) is 3.65. The molecule has 0 aromatic carbocycles. The molecular formula is C18H25N5O. The Morgan fingerprint density at radius 1 is 1.17 bits per heavy atom. The summed E-state index contributed by atoms with van der Waals surface area (Å²) < 4.78 is 1.83. The molecule has 1 saturated heterocycles. The van der Waals surface area contributed by atoms with Gasteiger partial charge in [-0.3, -0.25) is 19.4 Å². The highest BCUT2D eigenvalue weighted by atomic mass is 16.2. The zero-order valence-corrected chi connectivity index (χ0v) is 14.6. The van der Waals surface area contributed by atoms with Gasteiger partial charge in [0.1, 0.15) is 6.04 Å². The van der Waals surface area contributed by atoms with Gasteiger partial charge in [-0.25, -0.2) is 0 Å². The number of carbonyl (C=O) groups excluding carboxylic acids is 1. The minimum absolute atomic E-state index is 0.157. The number of carbonyl (C=O) groups is 1. The van der Waals surface area contributed by atoms with E-state index in [2.05, 4.69) is 15.0 Å². The van der Waals surface area contributed by atoms with Crippen LogP contribution in [0.3, 0.4) is 0 Å². The van der Waals surface area contributed by atoms with Crippen molar-refractivity contribution in [2.45, 2.75) is 33.4 Å². The summed E-state index contributed by atoms with van der Waals surface area (Å²) in [4.78, 5) is 21.2. The second kappa shape index (κ2) is 7.13. The first-order valence-corrected chi connectivity index (χ1v) is 8.47. The molecule has 2 aromatic rings. The molecule has 128 valence electrons. The molecule has 6 nitrogen and oxygen atoms in total. The summed E-state index contributed by atoms with van der Waals surface area (Å²) in [6, 6.07) is 5.85. The standard InChI is InChI=1S/C18H25N5O/c1-14-12-15(2)23(20-14)16(3)18(24)22-10-8-21(9-11-22)13-17-4-6-19-7-5-17/h4-7,12,16H,8-11,13H2,1-3H3/t16-/m0/s1. The second-order valence-corrected chi connectivity index (χ2v) is 6.50. The maximum Gasteiger partial charge on any atom is 0.247 e. The predicted octanol–water partition coefficient (Wildman–Crippen LogP) is 1.80. The molecule has 2 aromatic heterocycles. The van der Waals surface area contributed by atoms with Crippen molar-refractivity contribution in [1.82, 2.24) is 24.6 Å². The molecule has 0 N–H and O–H groups in total. The molecule has 0 radical (unpaired) electrons. The number of aromatic nitrogens is 3. The number of amides is 1. The Hall–Kier alpha value is -2.21. The normalized spacial score (nSPS) is 17.0. The lowest BCUT2D eigenvalue weighted by Gasteiger charge is -2.36. The fourth-order valence-electron chi connectivity index (χ4n) is 3.28. The highest BCUT2D eigenvalue weighted by Gasteiger charge is 2.27. The topological polar surface area (TPSA) is 54.3 Å². The summed E-state index contributed by atoms with van der Waals surface area (Å²) in [6.45, 7) is 10.1. The van der Waals surface area contributed by atoms with Crippen molar-refractivity contribution in [3.8, 4) is 0 Å². The van der Waals surface area contributed by atoms with Crippen LogP contribution in [-0.4, -0.2) is 56.7 Å². The van der Waals surface area contributed by atoms with Gasteiger partial charge in [0.25, 0.3) is 0 Å². The summed E-state index contributed by atoms with van der Waals surface area (Å²) in [7, 11) is 0. The van der Waals surface area contributed by atoms with E-state index in [9.17, 15) is 4.79 Å². The smallest absolute Gasteiger partial charge is 0.247 e. The third-order valence-corrected chi connectivity index (χ3v) is 4.61. The average Bonchev–Trinajstić information content (AvgIpc) is 2.93. The largest absolute Gasteiger partial charge is 0.338 e. The molecular weight excluding hydrogens is 302 g/mol. The van der Waals surface area contributed by atoms with E-state index < -0.39 is 0 Å². The van der Waals surface area contributed by atoms with E-state index in [4.69, 9.17) is 0 Å². The Morgan fingerprint density at radius 3 is 2.42 bits per heavy atom. The van der Waals surface area contributed by atoms with Gasteiger partial charge in [-0.05, 0) is 44.5 Å². The molecule has 1 aliphatic rings. The Morgan fingerprint density at radius 2 is 1.83 bits per heavy atom. The van der Waals surface area contributed by atoms with Crippen LogP contribution in [0, 0.1) is 13.8 Å². The highest BCUT2D eigenvalue weighted by molar-refractivity contribution is 5.80. The molecule has 6 heteroatoms. The van der Waals surface area contributed by atoms with Crippen molar-refractivity contribution >= 4 is 5.91 Å². The Labute approximate surface area is 143 Å². The third kappa shape index (κ3) is 3.64. The molecule has 0 aliphatic carbocycles. The lowest BCUT2D eigenvalue weighted by atomic mass is 10.2. The van der Waals surface area contributed by atoms with Crippen LogP contribution in [0.2, 0.25) is 0 Å². The van der Waals surface area contributed by atoms with E-state index in [-0.39, 0.29) is 11.9 Å². The Balaban J connectivity index is 1.56. The first-order chi connectivity index (χ1) is 11.5. The molecule has 1 amide bonds. The van der Waals surface area contributed by atoms with Gasteiger partial charge in [0.05, 0.1) is 5.69 Å². The third-order valence-electron chi connectivity index (χ3n) is 4.61. The average molecular weight is 327 g/mol. The van der Waals surface area contributed by atoms with Gasteiger partial charge in [0, 0.05) is 50.8 Å². The Bertz CT molecular complexity index is 689. The van der Waals surface area contributed by atoms with Gasteiger partial charge < -0.3 is 4.90 Å². The van der Waals surface area contributed by atoms with E-state index in [1.54, 1.807) is 0 Å². The number of hydrogen-bond donors (Lipinski definition) is 0. The van der Waals surface area contributed by atoms with Crippen molar-refractivity contribution < 1.29 is 4.79 Å². The predicted molar refractivity (Wildman–Crippen MR) is 92.5 cm³/mol. The van der Waals surface area contributed by atoms with Gasteiger partial charge >= 0.3 is 0 Å². The van der Waals surface area contributed by atoms with Crippen LogP contribution in [0.15, 0.2) is 30.6 Å². The molecule has 0 bridgehead atoms. The zero-order valence-electron chi connectivity index (χ0n) is 14.6. The van der Waals surface area contributed by atoms with Gasteiger partial charge in [0.15, 0.2) is 0 Å². The lowest BCUT2D eigenvalue weighted by molar-refractivity contribution is -0.136. The van der Waals surface area contributed by atoms with Crippen LogP contribution in [0.1, 0.15) is 29.9 Å². The first kappa shape index (κ1) is 16.6. The minimum Gasteiger partial charge on any atom is -0.338 e. The molecule has 0 unspecified atom stereocenters. The van der Waals surface area contributed by atoms with Crippen molar-refractivity contribution in [3.63, 3.8) is 0 Å². The van der Waals surface area contributed by atoms with Gasteiger partial charge in [-0.1, -0.05) is 0 Å². The summed E-state index contributed by atoms with van der Waals surface area (Å²) in [5.74, 6) is 0.157. The SMILES string of the molecule is Cc1cc(C)n([C@@H](C)C(=O)N2CCN(Cc3ccncc3)CC2)n1. The van der Waals surface area contributed by atoms with Crippen molar-refractivity contribution in [2.75, 3.05) is 26.2 Å². The molecule has 3 heterocycles. The highest BCUT2D eigenvalue weighted by Crippen LogP contribution is 2.16. The van der Waals surface area contributed by atoms with Crippen molar-refractivity contribution in [3.05, 3.63) is 47.5 Å². The molecule has 24 heavy (non-hydrogen) atoms. The Kier molecular flexibility index (Phi) is 4.94. The molecule has 0 saturated carbocycles. The van der Waals surface area contributed by atoms with E-state index in [1.165, 1.54) is 5.56 Å². The van der Waals surface area contributed by atoms with Gasteiger partial charge in [0.2, 0.25) is 5.91 Å². The molecule has 1 aliphatic heterocycles. The summed E-state index contributed by atoms with van der Waals surface area (Å²) >= 11 is 0. The summed E-state index contributed by atoms with van der Waals surface area (Å²) in [5.41, 5.74) is 3.25. The van der Waals surface area contributed by atoms with E-state index in [0.717, 1.165) is 44.1 Å². The fraction of sp³-hybridized carbons (Fsp3) is 0.500. The van der Waals surface area contributed by atoms with Crippen LogP contribution in [0.5, 0.6) is 0 Å². The number of piperazine rings is 1. The maximum atomic E-state index is 12.8. The molecule has 0 spiro atoms. The van der Waals surface area contributed by atoms with Crippen molar-refractivity contribution in [1.29, 1.82) is 0 Å². The fourth-order valence-corrected chi connectivity index (χ4v) is 3.28. The monoisotopic (exact) mass is 327 g/mol. The second-order valence-electron chi connectivity index (χ2n) is 6.50. The number of pyridine rings is 1. The van der Waals surface area contributed by atoms with E-state index in [1.807, 2.05) is 60.9 Å². The van der Waals surface area contributed by atoms with Gasteiger partial charge in [-0.15, -0.1) is 0 Å². The zero-order chi connectivity index (χ0) is 17.1. The van der Waals surface area contributed by atoms with Crippen LogP contribution < -0.4 is 0 Å². The first-order valence-electron chi connectivity index (χ1n) is 8.47. The molecule has 1 fully saturated rings. The van der Waals surface area contributed by atoms with Gasteiger partial charge in [-0.2, -0.15) is 5.10 Å². The van der Waals surface area contributed by atoms with Crippen LogP contribution in [0.25, 0.3) is 0 Å². The summed E-state index contributed by atoms with van der Waals surface area (Å²) in [5, 5.41) is 4.45. The minimum atomic E-state index is -0.245. The number of nitrogens with zero attached hydrogens (tertiary/aromatic N) is 5. The van der Waals surface area contributed by atoms with Crippen LogP contribution >= 0.6 is 0 Å². The number of hydrogen-bond acceptors (Lipinski definition) is 4. The maximum absolute atomic E-state index is 12.8. The molecule has 1 atom stereocenters. The lowest BCUT2D eigenvalue weighted by Crippen LogP contribution is -2.50. The van der Waals surface area contributed by atoms with Crippen LogP contribution in [-0.2, 0) is 11.3 Å². The van der Waals surface area contributed by atoms with E-state index in [0.29, 0.717) is 0 Å². The van der Waals surface area contributed by atoms with Crippen LogP contribution in [0.4, 0.5) is 0 Å². The number of rotatable bonds is 4. The molecule has 3 rings (SSSR count). The number of aryl methyl sites for hydroxylation is 2. The quantitative estimate of drug-likeness (QED) is 0.859. The van der Waals surface area contributed by atoms with E-state index >= 15 is 0 Å².